The molecular weight excluding hydrogens is 743 g/mol. The molecule has 0 amide bonds. The molecule has 0 aliphatic carbocycles. The first-order chi connectivity index (χ1) is 22.0. The van der Waals surface area contributed by atoms with Gasteiger partial charge in [-0.3, -0.25) is 0 Å². The van der Waals surface area contributed by atoms with Crippen LogP contribution in [-0.4, -0.2) is 29.7 Å². The van der Waals surface area contributed by atoms with E-state index in [0.717, 1.165) is 50.3 Å². The second-order valence-electron chi connectivity index (χ2n) is 11.1. The summed E-state index contributed by atoms with van der Waals surface area (Å²) in [5.74, 6) is 0. The smallest absolute Gasteiger partial charge is 0.318 e. The second-order valence-corrected chi connectivity index (χ2v) is 11.1. The zero-order valence-corrected chi connectivity index (χ0v) is 28.2. The summed E-state index contributed by atoms with van der Waals surface area (Å²) in [6, 6.07) is 47.1. The average molecular weight is 774 g/mol. The summed E-state index contributed by atoms with van der Waals surface area (Å²) in [7, 11) is 0. The van der Waals surface area contributed by atoms with Crippen LogP contribution in [0.5, 0.6) is 0 Å². The predicted octanol–water partition coefficient (Wildman–Crippen LogP) is 9.10. The molecule has 0 N–H and O–H groups in total. The SMILES string of the molecule is C1=[N+](c2[c-]cc3c4cccnc4n(-c4ccccc4)c3c2)C=C[N+]=1c1ccccc1.Cc1c[c-]c(-c2cc(C)c(C)cn2)cc1.[Ir]. The van der Waals surface area contributed by atoms with E-state index in [9.17, 15) is 0 Å². The molecule has 8 rings (SSSR count). The van der Waals surface area contributed by atoms with Gasteiger partial charge in [0.1, 0.15) is 11.3 Å². The van der Waals surface area contributed by atoms with E-state index in [1.165, 1.54) is 16.7 Å². The Kier molecular flexibility index (Phi) is 8.96. The van der Waals surface area contributed by atoms with Crippen LogP contribution in [0.25, 0.3) is 38.9 Å². The maximum Gasteiger partial charge on any atom is 0.499 e. The van der Waals surface area contributed by atoms with E-state index in [1.54, 1.807) is 0 Å². The van der Waals surface area contributed by atoms with Gasteiger partial charge in [0, 0.05) is 50.3 Å². The van der Waals surface area contributed by atoms with Crippen LogP contribution < -0.4 is 0 Å². The van der Waals surface area contributed by atoms with Crippen molar-refractivity contribution >= 4 is 39.3 Å². The third-order valence-corrected chi connectivity index (χ3v) is 7.95. The van der Waals surface area contributed by atoms with Crippen molar-refractivity contribution in [1.29, 1.82) is 0 Å². The number of para-hydroxylation sites is 2. The molecule has 4 aromatic carbocycles. The van der Waals surface area contributed by atoms with Crippen LogP contribution in [0.2, 0.25) is 0 Å². The van der Waals surface area contributed by atoms with Gasteiger partial charge in [-0.15, -0.1) is 41.5 Å². The van der Waals surface area contributed by atoms with Crippen molar-refractivity contribution in [2.75, 3.05) is 0 Å². The normalized spacial score (nSPS) is 11.9. The Morgan fingerprint density at radius 1 is 0.696 bits per heavy atom. The monoisotopic (exact) mass is 774 g/mol. The summed E-state index contributed by atoms with van der Waals surface area (Å²) in [6.07, 6.45) is 7.76. The van der Waals surface area contributed by atoms with Gasteiger partial charge in [0.25, 0.3) is 12.4 Å². The molecule has 5 nitrogen and oxygen atoms in total. The molecule has 6 heteroatoms. The molecule has 0 bridgehead atoms. The van der Waals surface area contributed by atoms with E-state index in [2.05, 4.69) is 126 Å². The van der Waals surface area contributed by atoms with Gasteiger partial charge in [0.2, 0.25) is 5.69 Å². The van der Waals surface area contributed by atoms with E-state index in [1.807, 2.05) is 70.3 Å². The Balaban J connectivity index is 0.000000197. The van der Waals surface area contributed by atoms with E-state index in [-0.39, 0.29) is 20.1 Å². The van der Waals surface area contributed by atoms with Crippen LogP contribution in [0.15, 0.2) is 134 Å². The van der Waals surface area contributed by atoms with Gasteiger partial charge in [-0.05, 0) is 54.2 Å². The first-order valence-electron chi connectivity index (χ1n) is 14.9. The standard InChI is InChI=1S/C26H17N4.C14H14N.Ir/c1-3-8-20(9-4-1)28-16-17-29(19-28)22-13-14-23-24-12-7-15-27-26(24)30(25(23)18-22)21-10-5-2-6-11-21;1-10-4-6-13(7-5-10)14-8-11(2)12(3)9-15-14;/h1-12,14-18H;4-6,8-9H,1-3H3;/q+1;-1;. The van der Waals surface area contributed by atoms with E-state index in [0.29, 0.717) is 0 Å². The Hall–Kier alpha value is -5.25. The fraction of sp³-hybridized carbons (Fsp3) is 0.0750. The van der Waals surface area contributed by atoms with Gasteiger partial charge in [-0.25, -0.2) is 4.98 Å². The summed E-state index contributed by atoms with van der Waals surface area (Å²) >= 11 is 0. The summed E-state index contributed by atoms with van der Waals surface area (Å²) < 4.78 is 6.15. The quantitative estimate of drug-likeness (QED) is 0.132. The molecule has 0 fully saturated rings. The molecule has 7 aromatic rings. The largest absolute Gasteiger partial charge is 0.499 e. The van der Waals surface area contributed by atoms with Crippen LogP contribution in [0.4, 0.5) is 11.4 Å². The number of aromatic nitrogens is 3. The van der Waals surface area contributed by atoms with Gasteiger partial charge < -0.3 is 9.55 Å². The fourth-order valence-electron chi connectivity index (χ4n) is 5.36. The summed E-state index contributed by atoms with van der Waals surface area (Å²) in [4.78, 5) is 9.08. The van der Waals surface area contributed by atoms with E-state index in [4.69, 9.17) is 0 Å². The van der Waals surface area contributed by atoms with Gasteiger partial charge in [-0.1, -0.05) is 81.6 Å². The van der Waals surface area contributed by atoms with Crippen molar-refractivity contribution in [3.63, 3.8) is 0 Å². The Labute approximate surface area is 282 Å². The number of pyridine rings is 2. The maximum absolute atomic E-state index is 4.67. The maximum atomic E-state index is 4.67. The number of hydrogen-bond donors (Lipinski definition) is 0. The van der Waals surface area contributed by atoms with Crippen molar-refractivity contribution in [2.24, 2.45) is 0 Å². The van der Waals surface area contributed by atoms with Crippen LogP contribution in [-0.2, 0) is 20.1 Å². The average Bonchev–Trinajstić information content (AvgIpc) is 3.71. The number of fused-ring (bicyclic) bond motifs is 3. The number of rotatable bonds is 4. The van der Waals surface area contributed by atoms with Crippen LogP contribution in [0.1, 0.15) is 16.7 Å². The molecule has 46 heavy (non-hydrogen) atoms. The minimum Gasteiger partial charge on any atom is -0.318 e. The minimum absolute atomic E-state index is 0. The van der Waals surface area contributed by atoms with Crippen molar-refractivity contribution < 1.29 is 29.3 Å². The molecule has 1 aliphatic rings. The molecule has 1 radical (unpaired) electrons. The predicted molar refractivity (Wildman–Crippen MR) is 181 cm³/mol. The number of aryl methyl sites for hydroxylation is 3. The molecule has 0 saturated heterocycles. The Morgan fingerprint density at radius 2 is 1.46 bits per heavy atom. The van der Waals surface area contributed by atoms with E-state index < -0.39 is 0 Å². The molecule has 0 saturated carbocycles. The third kappa shape index (κ3) is 6.15. The second kappa shape index (κ2) is 13.4. The van der Waals surface area contributed by atoms with Crippen molar-refractivity contribution in [3.05, 3.63) is 163 Å². The molecule has 0 atom stereocenters. The number of nitrogens with zero attached hydrogens (tertiary/aromatic N) is 5. The van der Waals surface area contributed by atoms with Crippen LogP contribution in [0, 0.1) is 32.9 Å². The van der Waals surface area contributed by atoms with Gasteiger partial charge in [-0.2, -0.15) is 6.07 Å². The van der Waals surface area contributed by atoms with Gasteiger partial charge in [0.15, 0.2) is 0 Å². The first-order valence-corrected chi connectivity index (χ1v) is 14.9. The van der Waals surface area contributed by atoms with Crippen molar-refractivity contribution in [2.45, 2.75) is 20.8 Å². The van der Waals surface area contributed by atoms with E-state index >= 15 is 0 Å². The van der Waals surface area contributed by atoms with Gasteiger partial charge >= 0.3 is 6.01 Å². The van der Waals surface area contributed by atoms with Gasteiger partial charge in [0.05, 0.1) is 0 Å². The van der Waals surface area contributed by atoms with Crippen molar-refractivity contribution in [1.82, 2.24) is 14.5 Å². The first kappa shape index (κ1) is 30.8. The Bertz CT molecular complexity index is 2260. The zero-order chi connectivity index (χ0) is 30.8. The number of hydrogen-bond acceptors (Lipinski definition) is 2. The molecule has 4 heterocycles. The third-order valence-electron chi connectivity index (χ3n) is 7.95. The molecular formula is C40H31IrN5. The summed E-state index contributed by atoms with van der Waals surface area (Å²) in [6.45, 7) is 6.24. The molecule has 0 spiro atoms. The fourth-order valence-corrected chi connectivity index (χ4v) is 5.36. The van der Waals surface area contributed by atoms with Crippen LogP contribution in [0.3, 0.4) is 0 Å². The zero-order valence-electron chi connectivity index (χ0n) is 25.8. The molecule has 3 aromatic heterocycles. The minimum atomic E-state index is 0. The molecule has 1 aliphatic heterocycles. The summed E-state index contributed by atoms with van der Waals surface area (Å²) in [5.41, 5.74) is 10.9. The van der Waals surface area contributed by atoms with Crippen LogP contribution >= 0.6 is 0 Å². The molecule has 0 unspecified atom stereocenters. The number of benzene rings is 4. The summed E-state index contributed by atoms with van der Waals surface area (Å²) in [5, 5.41) is 2.25. The van der Waals surface area contributed by atoms with Crippen molar-refractivity contribution in [3.8, 4) is 16.9 Å². The molecule has 225 valence electrons. The Morgan fingerprint density at radius 3 is 2.20 bits per heavy atom. The topological polar surface area (TPSA) is 36.7 Å².